The fraction of sp³-hybridized carbons (Fsp3) is 0.800. The molecule has 10 heavy (non-hydrogen) atoms. The van der Waals surface area contributed by atoms with Crippen LogP contribution in [0.3, 0.4) is 0 Å². The minimum Gasteiger partial charge on any atom is -0.342 e. The van der Waals surface area contributed by atoms with Gasteiger partial charge < -0.3 is 5.32 Å². The first kappa shape index (κ1) is 9.42. The maximum absolute atomic E-state index is 10.7. The zero-order valence-corrected chi connectivity index (χ0v) is 7.12. The molecular weight excluding hydrogens is 152 g/mol. The summed E-state index contributed by atoms with van der Waals surface area (Å²) in [7, 11) is -3.05. The molecule has 0 saturated heterocycles. The summed E-state index contributed by atoms with van der Waals surface area (Å²) < 4.78 is 17.5. The van der Waals surface area contributed by atoms with Crippen LogP contribution >= 0.6 is 0 Å². The van der Waals surface area contributed by atoms with Gasteiger partial charge in [0.25, 0.3) is 0 Å². The van der Waals surface area contributed by atoms with Crippen molar-refractivity contribution in [3.05, 3.63) is 0 Å². The van der Waals surface area contributed by atoms with Crippen LogP contribution in [0.1, 0.15) is 13.8 Å². The highest BCUT2D eigenvalue weighted by atomic mass is 32.2. The molecule has 1 unspecified atom stereocenters. The Morgan fingerprint density at radius 1 is 1.60 bits per heavy atom. The predicted octanol–water partition coefficient (Wildman–Crippen LogP) is 0.781. The molecule has 2 N–H and O–H groups in total. The van der Waals surface area contributed by atoms with Crippen LogP contribution < -0.4 is 5.32 Å². The minimum atomic E-state index is -3.05. The summed E-state index contributed by atoms with van der Waals surface area (Å²) in [6.45, 7) is 3.51. The third kappa shape index (κ3) is 3.45. The number of hydrogen-bond donors (Lipinski definition) is 2. The number of amides is 1. The fourth-order valence-corrected chi connectivity index (χ4v) is 0.809. The Morgan fingerprint density at radius 3 is 2.10 bits per heavy atom. The van der Waals surface area contributed by atoms with Crippen LogP contribution in [-0.2, 0) is 9.73 Å². The number of carbonyl (C=O) groups is 1. The molecule has 0 rings (SSSR count). The molecule has 0 aliphatic heterocycles. The maximum Gasteiger partial charge on any atom is 0.317 e. The van der Waals surface area contributed by atoms with E-state index < -0.39 is 15.0 Å². The number of rotatable bonds is 1. The van der Waals surface area contributed by atoms with Gasteiger partial charge in [-0.05, 0) is 13.8 Å². The molecular formula is C5H12N2O2S. The second kappa shape index (κ2) is 3.01. The molecule has 5 heteroatoms. The first-order valence-corrected chi connectivity index (χ1v) is 4.85. The maximum atomic E-state index is 10.7. The van der Waals surface area contributed by atoms with Crippen molar-refractivity contribution in [2.24, 2.45) is 0 Å². The quantitative estimate of drug-likeness (QED) is 0.601. The zero-order chi connectivity index (χ0) is 8.36. The van der Waals surface area contributed by atoms with Gasteiger partial charge in [0, 0.05) is 12.3 Å². The van der Waals surface area contributed by atoms with Crippen molar-refractivity contribution in [2.75, 3.05) is 6.26 Å². The van der Waals surface area contributed by atoms with E-state index in [0.29, 0.717) is 0 Å². The Bertz CT molecular complexity index is 218. The molecule has 0 spiro atoms. The summed E-state index contributed by atoms with van der Waals surface area (Å²) in [5, 5.41) is 1.69. The third-order valence-electron chi connectivity index (χ3n) is 0.760. The molecule has 0 heterocycles. The highest BCUT2D eigenvalue weighted by molar-refractivity contribution is 8.06. The second-order valence-electron chi connectivity index (χ2n) is 2.43. The predicted molar refractivity (Wildman–Crippen MR) is 40.5 cm³/mol. The van der Waals surface area contributed by atoms with Crippen molar-refractivity contribution in [1.29, 1.82) is 4.78 Å². The van der Waals surface area contributed by atoms with Crippen LogP contribution in [0.4, 0.5) is 4.79 Å². The lowest BCUT2D eigenvalue weighted by Crippen LogP contribution is -2.33. The van der Waals surface area contributed by atoms with Crippen LogP contribution in [-0.4, -0.2) is 21.7 Å². The van der Waals surface area contributed by atoms with E-state index in [2.05, 4.69) is 5.32 Å². The Balaban J connectivity index is 4.14. The van der Waals surface area contributed by atoms with E-state index in [4.69, 9.17) is 4.78 Å². The lowest BCUT2D eigenvalue weighted by molar-refractivity contribution is 0.257. The minimum absolute atomic E-state index is 0.0568. The Hall–Kier alpha value is -0.580. The highest BCUT2D eigenvalue weighted by Gasteiger charge is 2.11. The van der Waals surface area contributed by atoms with E-state index in [0.717, 1.165) is 6.26 Å². The van der Waals surface area contributed by atoms with Gasteiger partial charge in [-0.2, -0.15) is 0 Å². The SMILES string of the molecule is CC(C)NC(=O)S(C)(=N)=O. The molecule has 0 radical (unpaired) electrons. The van der Waals surface area contributed by atoms with E-state index >= 15 is 0 Å². The summed E-state index contributed by atoms with van der Waals surface area (Å²) in [4.78, 5) is 10.7. The van der Waals surface area contributed by atoms with E-state index in [1.54, 1.807) is 13.8 Å². The van der Waals surface area contributed by atoms with Gasteiger partial charge in [-0.15, -0.1) is 0 Å². The molecule has 60 valence electrons. The highest BCUT2D eigenvalue weighted by Crippen LogP contribution is 1.88. The third-order valence-corrected chi connectivity index (χ3v) is 1.59. The summed E-state index contributed by atoms with van der Waals surface area (Å²) in [6, 6.07) is -0.0568. The molecule has 0 aromatic rings. The first-order valence-electron chi connectivity index (χ1n) is 2.88. The lowest BCUT2D eigenvalue weighted by Gasteiger charge is -2.06. The second-order valence-corrected chi connectivity index (χ2v) is 4.49. The van der Waals surface area contributed by atoms with Gasteiger partial charge in [-0.25, -0.2) is 8.99 Å². The largest absolute Gasteiger partial charge is 0.342 e. The molecule has 0 aliphatic carbocycles. The number of nitrogens with one attached hydrogen (secondary N) is 2. The van der Waals surface area contributed by atoms with E-state index in [1.165, 1.54) is 0 Å². The van der Waals surface area contributed by atoms with E-state index in [9.17, 15) is 9.00 Å². The normalized spacial score (nSPS) is 16.4. The van der Waals surface area contributed by atoms with Gasteiger partial charge in [-0.3, -0.25) is 4.79 Å². The molecule has 0 saturated carbocycles. The van der Waals surface area contributed by atoms with Crippen LogP contribution in [0, 0.1) is 4.78 Å². The molecule has 1 atom stereocenters. The van der Waals surface area contributed by atoms with Crippen molar-refractivity contribution in [3.8, 4) is 0 Å². The molecule has 0 aromatic heterocycles. The monoisotopic (exact) mass is 164 g/mol. The van der Waals surface area contributed by atoms with Crippen LogP contribution in [0.2, 0.25) is 0 Å². The summed E-state index contributed by atoms with van der Waals surface area (Å²) >= 11 is 0. The zero-order valence-electron chi connectivity index (χ0n) is 6.30. The van der Waals surface area contributed by atoms with E-state index in [-0.39, 0.29) is 6.04 Å². The lowest BCUT2D eigenvalue weighted by atomic mass is 10.4. The van der Waals surface area contributed by atoms with Crippen LogP contribution in [0.5, 0.6) is 0 Å². The average molecular weight is 164 g/mol. The molecule has 0 bridgehead atoms. The van der Waals surface area contributed by atoms with Crippen molar-refractivity contribution < 1.29 is 9.00 Å². The molecule has 0 fully saturated rings. The number of hydrogen-bond acceptors (Lipinski definition) is 3. The van der Waals surface area contributed by atoms with Gasteiger partial charge in [0.05, 0.1) is 0 Å². The summed E-state index contributed by atoms with van der Waals surface area (Å²) in [5.41, 5.74) is 0. The topological polar surface area (TPSA) is 70.0 Å². The smallest absolute Gasteiger partial charge is 0.317 e. The van der Waals surface area contributed by atoms with Gasteiger partial charge in [0.15, 0.2) is 0 Å². The Labute approximate surface area is 61.0 Å². The van der Waals surface area contributed by atoms with Crippen molar-refractivity contribution in [1.82, 2.24) is 5.32 Å². The van der Waals surface area contributed by atoms with Crippen LogP contribution in [0.25, 0.3) is 0 Å². The number of carbonyl (C=O) groups excluding carboxylic acids is 1. The van der Waals surface area contributed by atoms with Crippen molar-refractivity contribution in [2.45, 2.75) is 19.9 Å². The van der Waals surface area contributed by atoms with Gasteiger partial charge >= 0.3 is 5.24 Å². The van der Waals surface area contributed by atoms with Gasteiger partial charge in [-0.1, -0.05) is 0 Å². The van der Waals surface area contributed by atoms with Gasteiger partial charge in [0.1, 0.15) is 9.73 Å². The summed E-state index contributed by atoms with van der Waals surface area (Å²) in [5.74, 6) is 0. The van der Waals surface area contributed by atoms with E-state index in [1.807, 2.05) is 0 Å². The standard InChI is InChI=1S/C5H12N2O2S/c1-4(2)7-5(8)10(3,6)9/h4,6H,1-3H3,(H,7,8). The molecule has 1 amide bonds. The fourth-order valence-electron chi connectivity index (χ4n) is 0.348. The Kier molecular flexibility index (Phi) is 2.83. The Morgan fingerprint density at radius 2 is 2.00 bits per heavy atom. The van der Waals surface area contributed by atoms with Crippen molar-refractivity contribution in [3.63, 3.8) is 0 Å². The molecule has 0 aliphatic rings. The average Bonchev–Trinajstić information content (AvgIpc) is 1.60. The molecule has 4 nitrogen and oxygen atoms in total. The summed E-state index contributed by atoms with van der Waals surface area (Å²) in [6.07, 6.45) is 1.10. The van der Waals surface area contributed by atoms with Crippen LogP contribution in [0.15, 0.2) is 0 Å². The first-order chi connectivity index (χ1) is 4.34. The molecule has 0 aromatic carbocycles. The van der Waals surface area contributed by atoms with Gasteiger partial charge in [0.2, 0.25) is 0 Å². The van der Waals surface area contributed by atoms with Crippen molar-refractivity contribution >= 4 is 15.0 Å².